The van der Waals surface area contributed by atoms with Crippen molar-refractivity contribution in [1.82, 2.24) is 5.32 Å². The maximum atomic E-state index is 5.80. The van der Waals surface area contributed by atoms with Crippen molar-refractivity contribution in [3.05, 3.63) is 23.8 Å². The third kappa shape index (κ3) is 2.00. The summed E-state index contributed by atoms with van der Waals surface area (Å²) in [5.41, 5.74) is 1.27. The molecular formula is C13H17NO2. The van der Waals surface area contributed by atoms with Gasteiger partial charge in [0.15, 0.2) is 0 Å². The van der Waals surface area contributed by atoms with Gasteiger partial charge >= 0.3 is 0 Å². The molecule has 1 aromatic carbocycles. The second kappa shape index (κ2) is 4.34. The summed E-state index contributed by atoms with van der Waals surface area (Å²) in [6, 6.07) is 6.65. The second-order valence-corrected chi connectivity index (χ2v) is 4.47. The van der Waals surface area contributed by atoms with Crippen LogP contribution in [0.15, 0.2) is 18.2 Å². The first-order valence-corrected chi connectivity index (χ1v) is 6.04. The predicted octanol–water partition coefficient (Wildman–Crippen LogP) is 1.75. The molecule has 1 atom stereocenters. The van der Waals surface area contributed by atoms with E-state index in [0.29, 0.717) is 6.04 Å². The molecule has 0 aromatic heterocycles. The molecular weight excluding hydrogens is 202 g/mol. The van der Waals surface area contributed by atoms with Crippen LogP contribution in [0.4, 0.5) is 0 Å². The van der Waals surface area contributed by atoms with Crippen LogP contribution in [-0.4, -0.2) is 25.8 Å². The number of hydrogen-bond donors (Lipinski definition) is 1. The van der Waals surface area contributed by atoms with Gasteiger partial charge in [-0.3, -0.25) is 0 Å². The first-order chi connectivity index (χ1) is 7.92. The van der Waals surface area contributed by atoms with Gasteiger partial charge < -0.3 is 14.8 Å². The molecule has 2 aliphatic rings. The number of benzene rings is 1. The molecule has 1 saturated heterocycles. The highest BCUT2D eigenvalue weighted by Gasteiger charge is 2.16. The van der Waals surface area contributed by atoms with Gasteiger partial charge in [-0.2, -0.15) is 0 Å². The Morgan fingerprint density at radius 1 is 1.44 bits per heavy atom. The van der Waals surface area contributed by atoms with Crippen molar-refractivity contribution in [3.8, 4) is 11.5 Å². The van der Waals surface area contributed by atoms with E-state index in [1.807, 2.05) is 12.1 Å². The Balaban J connectivity index is 1.61. The van der Waals surface area contributed by atoms with Crippen LogP contribution in [-0.2, 0) is 6.42 Å². The molecule has 86 valence electrons. The molecule has 16 heavy (non-hydrogen) atoms. The van der Waals surface area contributed by atoms with Crippen LogP contribution in [0.5, 0.6) is 11.5 Å². The Kier molecular flexibility index (Phi) is 2.70. The van der Waals surface area contributed by atoms with Gasteiger partial charge in [0.05, 0.1) is 6.61 Å². The minimum atomic E-state index is 0.532. The van der Waals surface area contributed by atoms with Gasteiger partial charge in [-0.25, -0.2) is 0 Å². The van der Waals surface area contributed by atoms with Crippen LogP contribution in [0.25, 0.3) is 0 Å². The third-order valence-electron chi connectivity index (χ3n) is 3.27. The van der Waals surface area contributed by atoms with E-state index in [0.717, 1.165) is 37.7 Å². The normalized spacial score (nSPS) is 22.9. The van der Waals surface area contributed by atoms with Gasteiger partial charge in [0.25, 0.3) is 0 Å². The average Bonchev–Trinajstić information content (AvgIpc) is 2.97. The van der Waals surface area contributed by atoms with E-state index in [1.165, 1.54) is 18.4 Å². The van der Waals surface area contributed by atoms with E-state index in [1.54, 1.807) is 0 Å². The van der Waals surface area contributed by atoms with Crippen LogP contribution in [0.1, 0.15) is 18.4 Å². The van der Waals surface area contributed by atoms with Crippen LogP contribution >= 0.6 is 0 Å². The summed E-state index contributed by atoms with van der Waals surface area (Å²) in [7, 11) is 0. The molecule has 0 bridgehead atoms. The van der Waals surface area contributed by atoms with Crippen molar-refractivity contribution in [2.45, 2.75) is 25.3 Å². The molecule has 0 amide bonds. The van der Waals surface area contributed by atoms with Gasteiger partial charge in [0, 0.05) is 18.0 Å². The summed E-state index contributed by atoms with van der Waals surface area (Å²) >= 11 is 0. The quantitative estimate of drug-likeness (QED) is 0.840. The lowest BCUT2D eigenvalue weighted by atomic mass is 10.1. The fraction of sp³-hybridized carbons (Fsp3) is 0.538. The maximum absolute atomic E-state index is 5.80. The van der Waals surface area contributed by atoms with Gasteiger partial charge in [-0.1, -0.05) is 0 Å². The summed E-state index contributed by atoms with van der Waals surface area (Å²) in [6.07, 6.45) is 3.51. The molecule has 1 N–H and O–H groups in total. The zero-order valence-electron chi connectivity index (χ0n) is 9.37. The molecule has 0 spiro atoms. The number of nitrogens with one attached hydrogen (secondary N) is 1. The molecule has 1 fully saturated rings. The predicted molar refractivity (Wildman–Crippen MR) is 62.2 cm³/mol. The summed E-state index contributed by atoms with van der Waals surface area (Å²) in [5, 5.41) is 3.43. The Hall–Kier alpha value is -1.22. The number of ether oxygens (including phenoxy) is 2. The first-order valence-electron chi connectivity index (χ1n) is 6.04. The molecule has 0 saturated carbocycles. The second-order valence-electron chi connectivity index (χ2n) is 4.47. The van der Waals surface area contributed by atoms with Crippen molar-refractivity contribution in [2.24, 2.45) is 0 Å². The lowest BCUT2D eigenvalue weighted by Crippen LogP contribution is -2.28. The van der Waals surface area contributed by atoms with E-state index >= 15 is 0 Å². The SMILES string of the molecule is c1cc2c(cc1OCC1CCCN1)CCO2. The molecule has 1 aromatic rings. The Bertz CT molecular complexity index is 372. The summed E-state index contributed by atoms with van der Waals surface area (Å²) in [6.45, 7) is 2.72. The lowest BCUT2D eigenvalue weighted by Gasteiger charge is -2.12. The van der Waals surface area contributed by atoms with Crippen molar-refractivity contribution >= 4 is 0 Å². The zero-order chi connectivity index (χ0) is 10.8. The number of rotatable bonds is 3. The summed E-state index contributed by atoms with van der Waals surface area (Å²) in [5.74, 6) is 1.99. The molecule has 2 aliphatic heterocycles. The van der Waals surface area contributed by atoms with E-state index in [-0.39, 0.29) is 0 Å². The van der Waals surface area contributed by atoms with E-state index in [4.69, 9.17) is 9.47 Å². The molecule has 3 nitrogen and oxygen atoms in total. The molecule has 3 rings (SSSR count). The Morgan fingerprint density at radius 2 is 2.44 bits per heavy atom. The van der Waals surface area contributed by atoms with Gasteiger partial charge in [0.2, 0.25) is 0 Å². The zero-order valence-corrected chi connectivity index (χ0v) is 9.37. The molecule has 1 unspecified atom stereocenters. The lowest BCUT2D eigenvalue weighted by molar-refractivity contribution is 0.277. The highest BCUT2D eigenvalue weighted by Crippen LogP contribution is 2.29. The van der Waals surface area contributed by atoms with Gasteiger partial charge in [0.1, 0.15) is 18.1 Å². The van der Waals surface area contributed by atoms with Crippen LogP contribution in [0, 0.1) is 0 Å². The van der Waals surface area contributed by atoms with E-state index in [9.17, 15) is 0 Å². The van der Waals surface area contributed by atoms with Crippen molar-refractivity contribution < 1.29 is 9.47 Å². The maximum Gasteiger partial charge on any atom is 0.122 e. The van der Waals surface area contributed by atoms with Crippen molar-refractivity contribution in [1.29, 1.82) is 0 Å². The Morgan fingerprint density at radius 3 is 3.31 bits per heavy atom. The summed E-state index contributed by atoms with van der Waals surface area (Å²) in [4.78, 5) is 0. The van der Waals surface area contributed by atoms with Crippen molar-refractivity contribution in [2.75, 3.05) is 19.8 Å². The summed E-state index contributed by atoms with van der Waals surface area (Å²) < 4.78 is 11.3. The Labute approximate surface area is 95.8 Å². The first kappa shape index (κ1) is 9.97. The molecule has 0 radical (unpaired) electrons. The monoisotopic (exact) mass is 219 g/mol. The highest BCUT2D eigenvalue weighted by atomic mass is 16.5. The molecule has 0 aliphatic carbocycles. The van der Waals surface area contributed by atoms with Crippen LogP contribution < -0.4 is 14.8 Å². The third-order valence-corrected chi connectivity index (χ3v) is 3.27. The number of fused-ring (bicyclic) bond motifs is 1. The van der Waals surface area contributed by atoms with E-state index < -0.39 is 0 Å². The van der Waals surface area contributed by atoms with Gasteiger partial charge in [-0.15, -0.1) is 0 Å². The van der Waals surface area contributed by atoms with Crippen molar-refractivity contribution in [3.63, 3.8) is 0 Å². The van der Waals surface area contributed by atoms with Crippen LogP contribution in [0.3, 0.4) is 0 Å². The topological polar surface area (TPSA) is 30.5 Å². The van der Waals surface area contributed by atoms with Gasteiger partial charge in [-0.05, 0) is 37.6 Å². The largest absolute Gasteiger partial charge is 0.493 e. The standard InChI is InChI=1S/C13H17NO2/c1-2-11(14-6-1)9-16-12-3-4-13-10(8-12)5-7-15-13/h3-4,8,11,14H,1-2,5-7,9H2. The van der Waals surface area contributed by atoms with Crippen LogP contribution in [0.2, 0.25) is 0 Å². The highest BCUT2D eigenvalue weighted by molar-refractivity contribution is 5.42. The molecule has 3 heteroatoms. The minimum Gasteiger partial charge on any atom is -0.493 e. The smallest absolute Gasteiger partial charge is 0.122 e. The molecule has 2 heterocycles. The van der Waals surface area contributed by atoms with E-state index in [2.05, 4.69) is 11.4 Å². The fourth-order valence-electron chi connectivity index (χ4n) is 2.35. The number of hydrogen-bond acceptors (Lipinski definition) is 3. The average molecular weight is 219 g/mol. The minimum absolute atomic E-state index is 0.532. The fourth-order valence-corrected chi connectivity index (χ4v) is 2.35.